The van der Waals surface area contributed by atoms with Gasteiger partial charge in [-0.25, -0.2) is 4.98 Å². The first-order chi connectivity index (χ1) is 14.1. The lowest BCUT2D eigenvalue weighted by Gasteiger charge is -2.15. The van der Waals surface area contributed by atoms with Crippen molar-refractivity contribution in [2.45, 2.75) is 27.2 Å². The van der Waals surface area contributed by atoms with Gasteiger partial charge in [-0.3, -0.25) is 14.2 Å². The third kappa shape index (κ3) is 3.69. The third-order valence-electron chi connectivity index (χ3n) is 4.89. The van der Waals surface area contributed by atoms with E-state index >= 15 is 0 Å². The molecule has 0 aliphatic rings. The molecule has 2 heterocycles. The van der Waals surface area contributed by atoms with E-state index in [4.69, 9.17) is 4.98 Å². The van der Waals surface area contributed by atoms with Gasteiger partial charge < -0.3 is 10.6 Å². The molecule has 0 fully saturated rings. The number of para-hydroxylation sites is 1. The second-order valence-electron chi connectivity index (χ2n) is 6.96. The Bertz CT molecular complexity index is 1180. The molecule has 6 nitrogen and oxygen atoms in total. The number of imidazole rings is 1. The van der Waals surface area contributed by atoms with E-state index in [1.165, 1.54) is 18.1 Å². The SMILES string of the molecule is CCc1cccc(C)c1Nc1c(-c2ccc(NC(C)=O)cc2)nc2cnccn12. The summed E-state index contributed by atoms with van der Waals surface area (Å²) >= 11 is 0. The molecule has 4 aromatic rings. The van der Waals surface area contributed by atoms with Crippen LogP contribution in [-0.4, -0.2) is 20.3 Å². The van der Waals surface area contributed by atoms with Crippen LogP contribution < -0.4 is 10.6 Å². The zero-order chi connectivity index (χ0) is 20.4. The molecule has 0 atom stereocenters. The summed E-state index contributed by atoms with van der Waals surface area (Å²) < 4.78 is 2.01. The maximum atomic E-state index is 11.3. The van der Waals surface area contributed by atoms with Gasteiger partial charge in [0.1, 0.15) is 11.5 Å². The van der Waals surface area contributed by atoms with Gasteiger partial charge in [0, 0.05) is 36.3 Å². The van der Waals surface area contributed by atoms with Crippen molar-refractivity contribution in [1.29, 1.82) is 0 Å². The zero-order valence-electron chi connectivity index (χ0n) is 16.7. The smallest absolute Gasteiger partial charge is 0.221 e. The van der Waals surface area contributed by atoms with E-state index in [9.17, 15) is 4.79 Å². The molecule has 2 N–H and O–H groups in total. The minimum Gasteiger partial charge on any atom is -0.339 e. The number of rotatable bonds is 5. The van der Waals surface area contributed by atoms with Crippen LogP contribution in [0.1, 0.15) is 25.0 Å². The number of aryl methyl sites for hydroxylation is 2. The number of hydrogen-bond acceptors (Lipinski definition) is 4. The van der Waals surface area contributed by atoms with E-state index < -0.39 is 0 Å². The van der Waals surface area contributed by atoms with Crippen molar-refractivity contribution < 1.29 is 4.79 Å². The van der Waals surface area contributed by atoms with Crippen LogP contribution in [0, 0.1) is 6.92 Å². The molecule has 146 valence electrons. The summed E-state index contributed by atoms with van der Waals surface area (Å²) in [5, 5.41) is 6.43. The quantitative estimate of drug-likeness (QED) is 0.509. The number of benzene rings is 2. The van der Waals surface area contributed by atoms with Gasteiger partial charge in [0.25, 0.3) is 0 Å². The number of amides is 1. The van der Waals surface area contributed by atoms with Crippen LogP contribution in [0.25, 0.3) is 16.9 Å². The number of anilines is 3. The van der Waals surface area contributed by atoms with Crippen molar-refractivity contribution in [3.8, 4) is 11.3 Å². The second kappa shape index (κ2) is 7.75. The van der Waals surface area contributed by atoms with Crippen molar-refractivity contribution in [2.24, 2.45) is 0 Å². The fourth-order valence-corrected chi connectivity index (χ4v) is 3.46. The summed E-state index contributed by atoms with van der Waals surface area (Å²) in [7, 11) is 0. The average Bonchev–Trinajstić information content (AvgIpc) is 3.08. The number of carbonyl (C=O) groups is 1. The Morgan fingerprint density at radius 2 is 1.93 bits per heavy atom. The Labute approximate surface area is 169 Å². The maximum absolute atomic E-state index is 11.3. The Kier molecular flexibility index (Phi) is 4.99. The highest BCUT2D eigenvalue weighted by molar-refractivity contribution is 5.89. The highest BCUT2D eigenvalue weighted by Gasteiger charge is 2.16. The summed E-state index contributed by atoms with van der Waals surface area (Å²) in [6, 6.07) is 14.0. The van der Waals surface area contributed by atoms with Gasteiger partial charge >= 0.3 is 0 Å². The van der Waals surface area contributed by atoms with E-state index in [0.29, 0.717) is 0 Å². The van der Waals surface area contributed by atoms with Crippen LogP contribution in [-0.2, 0) is 11.2 Å². The van der Waals surface area contributed by atoms with Crippen LogP contribution >= 0.6 is 0 Å². The number of aromatic nitrogens is 3. The maximum Gasteiger partial charge on any atom is 0.221 e. The molecular weight excluding hydrogens is 362 g/mol. The summed E-state index contributed by atoms with van der Waals surface area (Å²) in [5.41, 5.74) is 6.84. The molecule has 0 aliphatic carbocycles. The lowest BCUT2D eigenvalue weighted by molar-refractivity contribution is -0.114. The zero-order valence-corrected chi connectivity index (χ0v) is 16.7. The molecule has 0 bridgehead atoms. The van der Waals surface area contributed by atoms with Crippen LogP contribution in [0.4, 0.5) is 17.2 Å². The molecule has 0 unspecified atom stereocenters. The molecule has 29 heavy (non-hydrogen) atoms. The molecule has 2 aromatic heterocycles. The van der Waals surface area contributed by atoms with Crippen molar-refractivity contribution >= 4 is 28.7 Å². The monoisotopic (exact) mass is 385 g/mol. The van der Waals surface area contributed by atoms with Crippen molar-refractivity contribution in [1.82, 2.24) is 14.4 Å². The minimum atomic E-state index is -0.0921. The Morgan fingerprint density at radius 3 is 2.66 bits per heavy atom. The van der Waals surface area contributed by atoms with E-state index in [2.05, 4.69) is 47.7 Å². The highest BCUT2D eigenvalue weighted by atomic mass is 16.1. The Balaban J connectivity index is 1.83. The van der Waals surface area contributed by atoms with Crippen molar-refractivity contribution in [2.75, 3.05) is 10.6 Å². The van der Waals surface area contributed by atoms with Gasteiger partial charge in [-0.2, -0.15) is 0 Å². The molecule has 2 aromatic carbocycles. The van der Waals surface area contributed by atoms with E-state index in [1.54, 1.807) is 12.4 Å². The number of fused-ring (bicyclic) bond motifs is 1. The summed E-state index contributed by atoms with van der Waals surface area (Å²) in [6.07, 6.45) is 6.34. The highest BCUT2D eigenvalue weighted by Crippen LogP contribution is 2.33. The lowest BCUT2D eigenvalue weighted by Crippen LogP contribution is -2.05. The molecule has 0 saturated carbocycles. The predicted molar refractivity (Wildman–Crippen MR) is 117 cm³/mol. The first-order valence-corrected chi connectivity index (χ1v) is 9.62. The van der Waals surface area contributed by atoms with Crippen LogP contribution in [0.3, 0.4) is 0 Å². The summed E-state index contributed by atoms with van der Waals surface area (Å²) in [6.45, 7) is 5.76. The molecule has 6 heteroatoms. The first-order valence-electron chi connectivity index (χ1n) is 9.62. The molecule has 1 amide bonds. The fourth-order valence-electron chi connectivity index (χ4n) is 3.46. The normalized spacial score (nSPS) is 10.9. The van der Waals surface area contributed by atoms with Gasteiger partial charge in [-0.15, -0.1) is 0 Å². The summed E-state index contributed by atoms with van der Waals surface area (Å²) in [5.74, 6) is 0.796. The predicted octanol–water partition coefficient (Wildman–Crippen LogP) is 4.97. The van der Waals surface area contributed by atoms with E-state index in [1.807, 2.05) is 34.9 Å². The summed E-state index contributed by atoms with van der Waals surface area (Å²) in [4.78, 5) is 20.3. The molecule has 4 rings (SSSR count). The fraction of sp³-hybridized carbons (Fsp3) is 0.174. The van der Waals surface area contributed by atoms with Crippen LogP contribution in [0.15, 0.2) is 61.1 Å². The number of hydrogen-bond donors (Lipinski definition) is 2. The van der Waals surface area contributed by atoms with Gasteiger partial charge in [-0.05, 0) is 36.6 Å². The van der Waals surface area contributed by atoms with Crippen molar-refractivity contribution in [3.63, 3.8) is 0 Å². The number of nitrogens with zero attached hydrogens (tertiary/aromatic N) is 3. The van der Waals surface area contributed by atoms with E-state index in [-0.39, 0.29) is 5.91 Å². The molecule has 0 saturated heterocycles. The van der Waals surface area contributed by atoms with Gasteiger partial charge in [0.15, 0.2) is 5.65 Å². The largest absolute Gasteiger partial charge is 0.339 e. The van der Waals surface area contributed by atoms with Crippen molar-refractivity contribution in [3.05, 3.63) is 72.2 Å². The van der Waals surface area contributed by atoms with Crippen LogP contribution in [0.5, 0.6) is 0 Å². The van der Waals surface area contributed by atoms with Gasteiger partial charge in [-0.1, -0.05) is 37.3 Å². The molecule has 0 spiro atoms. The van der Waals surface area contributed by atoms with Gasteiger partial charge in [0.2, 0.25) is 5.91 Å². The minimum absolute atomic E-state index is 0.0921. The topological polar surface area (TPSA) is 71.3 Å². The third-order valence-corrected chi connectivity index (χ3v) is 4.89. The molecular formula is C23H23N5O. The molecule has 0 aliphatic heterocycles. The first kappa shape index (κ1) is 18.7. The van der Waals surface area contributed by atoms with E-state index in [0.717, 1.165) is 40.5 Å². The van der Waals surface area contributed by atoms with Crippen LogP contribution in [0.2, 0.25) is 0 Å². The number of carbonyl (C=O) groups excluding carboxylic acids is 1. The second-order valence-corrected chi connectivity index (χ2v) is 6.96. The standard InChI is InChI=1S/C23H23N5O/c1-4-17-7-5-6-15(2)21(17)27-23-22(26-20-14-24-12-13-28(20)23)18-8-10-19(11-9-18)25-16(3)29/h5-14,27H,4H2,1-3H3,(H,25,29). The Hall–Kier alpha value is -3.67. The average molecular weight is 385 g/mol. The lowest BCUT2D eigenvalue weighted by atomic mass is 10.1. The Morgan fingerprint density at radius 1 is 1.14 bits per heavy atom. The number of nitrogens with one attached hydrogen (secondary N) is 2. The molecule has 0 radical (unpaired) electrons. The van der Waals surface area contributed by atoms with Gasteiger partial charge in [0.05, 0.1) is 6.20 Å².